The summed E-state index contributed by atoms with van der Waals surface area (Å²) in [5.74, 6) is 0. The zero-order chi connectivity index (χ0) is 40.3. The van der Waals surface area contributed by atoms with E-state index in [4.69, 9.17) is 0 Å². The average molecular weight is 832 g/mol. The second-order valence-electron chi connectivity index (χ2n) is 13.7. The Labute approximate surface area is 355 Å². The summed E-state index contributed by atoms with van der Waals surface area (Å²) in [4.78, 5) is 14.0. The van der Waals surface area contributed by atoms with Crippen molar-refractivity contribution in [1.29, 1.82) is 0 Å². The summed E-state index contributed by atoms with van der Waals surface area (Å²) in [6.45, 7) is 0. The van der Waals surface area contributed by atoms with Crippen LogP contribution >= 0.6 is 35.3 Å². The molecular formula is C50H36F3N3S3. The summed E-state index contributed by atoms with van der Waals surface area (Å²) in [6.07, 6.45) is -4.33. The average Bonchev–Trinajstić information content (AvgIpc) is 3.28. The van der Waals surface area contributed by atoms with Gasteiger partial charge in [0.15, 0.2) is 0 Å². The van der Waals surface area contributed by atoms with Crippen molar-refractivity contribution in [3.05, 3.63) is 206 Å². The molecule has 59 heavy (non-hydrogen) atoms. The summed E-state index contributed by atoms with van der Waals surface area (Å²) in [7, 11) is 2.12. The van der Waals surface area contributed by atoms with E-state index in [0.29, 0.717) is 5.69 Å². The van der Waals surface area contributed by atoms with E-state index in [9.17, 15) is 13.2 Å². The molecule has 8 aromatic rings. The molecule has 0 radical (unpaired) electrons. The maximum absolute atomic E-state index is 12.8. The van der Waals surface area contributed by atoms with Crippen LogP contribution in [0.2, 0.25) is 0 Å². The van der Waals surface area contributed by atoms with Crippen LogP contribution in [-0.2, 0) is 6.18 Å². The zero-order valence-corrected chi connectivity index (χ0v) is 34.2. The first kappa shape index (κ1) is 38.5. The molecule has 0 saturated carbocycles. The number of hydrogen-bond donors (Lipinski definition) is 0. The van der Waals surface area contributed by atoms with Crippen LogP contribution in [-0.4, -0.2) is 7.05 Å². The van der Waals surface area contributed by atoms with E-state index in [-0.39, 0.29) is 0 Å². The smallest absolute Gasteiger partial charge is 0.343 e. The Morgan fingerprint density at radius 1 is 0.322 bits per heavy atom. The first-order valence-corrected chi connectivity index (χ1v) is 21.4. The third-order valence-electron chi connectivity index (χ3n) is 10.0. The number of nitrogens with zero attached hydrogens (tertiary/aromatic N) is 3. The van der Waals surface area contributed by atoms with E-state index in [1.54, 1.807) is 11.8 Å². The molecule has 3 heterocycles. The molecule has 8 aromatic carbocycles. The van der Waals surface area contributed by atoms with Crippen LogP contribution in [0.3, 0.4) is 0 Å². The Morgan fingerprint density at radius 3 is 0.932 bits per heavy atom. The van der Waals surface area contributed by atoms with Crippen LogP contribution in [0.15, 0.2) is 230 Å². The van der Waals surface area contributed by atoms with E-state index in [0.717, 1.165) is 33.3 Å². The van der Waals surface area contributed by atoms with Crippen LogP contribution < -0.4 is 14.7 Å². The Morgan fingerprint density at radius 2 is 0.593 bits per heavy atom. The largest absolute Gasteiger partial charge is 0.416 e. The fourth-order valence-electron chi connectivity index (χ4n) is 7.23. The third-order valence-corrected chi connectivity index (χ3v) is 13.4. The summed E-state index contributed by atoms with van der Waals surface area (Å²) in [6, 6.07) is 65.8. The molecule has 0 bridgehead atoms. The van der Waals surface area contributed by atoms with E-state index in [2.05, 4.69) is 144 Å². The highest BCUT2D eigenvalue weighted by molar-refractivity contribution is 8.00. The molecule has 0 N–H and O–H groups in total. The molecule has 0 atom stereocenters. The standard InChI is InChI=1S/C19H12F3NS.C18H13NS.C13H11NS/c20-19(21,22)13-9-11-14(12-10-13)23-15-5-1-3-7-17(15)24-18-8-4-2-6-16(18)23;1-2-8-14(9-3-1)19-15-10-4-6-12-17(15)20-18-13-7-5-11-16(18)19;1-14-10-6-2-4-8-12(10)15-13-9-5-3-7-11(13)14/h1-12H;1-13H;2-9H,1H3. The number of alkyl halides is 3. The minimum absolute atomic E-state index is 0.640. The highest BCUT2D eigenvalue weighted by atomic mass is 32.2. The number of anilines is 8. The van der Waals surface area contributed by atoms with Gasteiger partial charge in [0.05, 0.1) is 39.7 Å². The molecule has 290 valence electrons. The molecule has 0 unspecified atom stereocenters. The van der Waals surface area contributed by atoms with Crippen molar-refractivity contribution in [1.82, 2.24) is 0 Å². The van der Waals surface area contributed by atoms with Crippen LogP contribution in [0.25, 0.3) is 0 Å². The fraction of sp³-hybridized carbons (Fsp3) is 0.0400. The number of halogens is 3. The topological polar surface area (TPSA) is 9.72 Å². The second-order valence-corrected chi connectivity index (χ2v) is 17.0. The molecule has 0 amide bonds. The van der Waals surface area contributed by atoms with Gasteiger partial charge in [-0.3, -0.25) is 0 Å². The van der Waals surface area contributed by atoms with Crippen LogP contribution in [0, 0.1) is 0 Å². The van der Waals surface area contributed by atoms with E-state index >= 15 is 0 Å². The van der Waals surface area contributed by atoms with Crippen LogP contribution in [0.5, 0.6) is 0 Å². The van der Waals surface area contributed by atoms with Crippen molar-refractivity contribution >= 4 is 80.8 Å². The molecule has 0 saturated heterocycles. The molecule has 0 fully saturated rings. The SMILES string of the molecule is CN1c2ccccc2Sc2ccccc21.FC(F)(F)c1ccc(N2c3ccccc3Sc3ccccc32)cc1.c1ccc(N2c3ccccc3Sc3ccccc32)cc1. The van der Waals surface area contributed by atoms with E-state index in [1.807, 2.05) is 77.0 Å². The van der Waals surface area contributed by atoms with Gasteiger partial charge in [0.2, 0.25) is 0 Å². The minimum Gasteiger partial charge on any atom is -0.343 e. The highest BCUT2D eigenvalue weighted by Crippen LogP contribution is 2.53. The number of para-hydroxylation sites is 7. The van der Waals surface area contributed by atoms with Crippen molar-refractivity contribution in [2.75, 3.05) is 21.7 Å². The molecule has 0 aliphatic carbocycles. The third kappa shape index (κ3) is 7.93. The van der Waals surface area contributed by atoms with Gasteiger partial charge >= 0.3 is 6.18 Å². The molecule has 0 spiro atoms. The minimum atomic E-state index is -4.33. The van der Waals surface area contributed by atoms with Crippen LogP contribution in [0.4, 0.5) is 58.7 Å². The molecule has 9 heteroatoms. The number of hydrogen-bond acceptors (Lipinski definition) is 6. The first-order valence-electron chi connectivity index (χ1n) is 19.0. The maximum atomic E-state index is 12.8. The van der Waals surface area contributed by atoms with Gasteiger partial charge in [0.1, 0.15) is 0 Å². The predicted molar refractivity (Wildman–Crippen MR) is 241 cm³/mol. The molecule has 3 aliphatic heterocycles. The maximum Gasteiger partial charge on any atom is 0.416 e. The predicted octanol–water partition coefficient (Wildman–Crippen LogP) is 16.2. The monoisotopic (exact) mass is 831 g/mol. The molecule has 3 nitrogen and oxygen atoms in total. The lowest BCUT2D eigenvalue weighted by Crippen LogP contribution is -2.15. The van der Waals surface area contributed by atoms with E-state index < -0.39 is 11.7 Å². The van der Waals surface area contributed by atoms with Crippen molar-refractivity contribution in [3.63, 3.8) is 0 Å². The number of benzene rings is 8. The second kappa shape index (κ2) is 16.7. The number of fused-ring (bicyclic) bond motifs is 6. The first-order chi connectivity index (χ1) is 28.8. The highest BCUT2D eigenvalue weighted by Gasteiger charge is 2.31. The summed E-state index contributed by atoms with van der Waals surface area (Å²) in [5.41, 5.74) is 8.31. The van der Waals surface area contributed by atoms with Gasteiger partial charge in [-0.15, -0.1) is 0 Å². The van der Waals surface area contributed by atoms with Gasteiger partial charge in [0, 0.05) is 47.8 Å². The Balaban J connectivity index is 0.000000117. The number of rotatable bonds is 2. The Bertz CT molecular complexity index is 2600. The van der Waals surface area contributed by atoms with Gasteiger partial charge in [0.25, 0.3) is 0 Å². The molecule has 3 aliphatic rings. The van der Waals surface area contributed by atoms with Crippen molar-refractivity contribution in [2.45, 2.75) is 35.5 Å². The van der Waals surface area contributed by atoms with Crippen LogP contribution in [0.1, 0.15) is 5.56 Å². The lowest BCUT2D eigenvalue weighted by atomic mass is 10.1. The van der Waals surface area contributed by atoms with Gasteiger partial charge in [-0.05, 0) is 109 Å². The summed E-state index contributed by atoms with van der Waals surface area (Å²) < 4.78 is 38.5. The lowest BCUT2D eigenvalue weighted by molar-refractivity contribution is -0.137. The zero-order valence-electron chi connectivity index (χ0n) is 31.8. The van der Waals surface area contributed by atoms with Gasteiger partial charge < -0.3 is 14.7 Å². The van der Waals surface area contributed by atoms with Gasteiger partial charge in [-0.25, -0.2) is 0 Å². The quantitative estimate of drug-likeness (QED) is 0.170. The summed E-state index contributed by atoms with van der Waals surface area (Å²) >= 11 is 5.35. The molecular weight excluding hydrogens is 796 g/mol. The fourth-order valence-corrected chi connectivity index (χ4v) is 10.5. The Hall–Kier alpha value is -6.00. The Kier molecular flexibility index (Phi) is 10.9. The van der Waals surface area contributed by atoms with Crippen molar-refractivity contribution < 1.29 is 13.2 Å². The lowest BCUT2D eigenvalue weighted by Gasteiger charge is -2.32. The normalized spacial score (nSPS) is 13.1. The van der Waals surface area contributed by atoms with E-state index in [1.165, 1.54) is 60.2 Å². The molecule has 0 aromatic heterocycles. The van der Waals surface area contributed by atoms with Crippen molar-refractivity contribution in [3.8, 4) is 0 Å². The van der Waals surface area contributed by atoms with Gasteiger partial charge in [-0.1, -0.05) is 126 Å². The van der Waals surface area contributed by atoms with Crippen molar-refractivity contribution in [2.24, 2.45) is 0 Å². The summed E-state index contributed by atoms with van der Waals surface area (Å²) in [5, 5.41) is 0. The molecule has 11 rings (SSSR count). The van der Waals surface area contributed by atoms with Gasteiger partial charge in [-0.2, -0.15) is 13.2 Å².